The van der Waals surface area contributed by atoms with Crippen LogP contribution in [0.15, 0.2) is 25.7 Å². The number of hydrogen-bond acceptors (Lipinski definition) is 2. The van der Waals surface area contributed by atoms with Crippen LogP contribution < -0.4 is 0 Å². The minimum atomic E-state index is -0.0526. The minimum Gasteiger partial charge on any atom is -0.495 e. The summed E-state index contributed by atoms with van der Waals surface area (Å²) in [5.41, 5.74) is 0.580. The first kappa shape index (κ1) is 12.1. The summed E-state index contributed by atoms with van der Waals surface area (Å²) in [5.74, 6) is 0. The molecule has 100 valence electrons. The van der Waals surface area contributed by atoms with E-state index in [0.717, 1.165) is 32.1 Å². The van der Waals surface area contributed by atoms with Crippen molar-refractivity contribution in [2.45, 2.75) is 63.6 Å². The third kappa shape index (κ3) is 1.61. The highest BCUT2D eigenvalue weighted by atomic mass is 16.5. The average molecular weight is 248 g/mol. The largest absolute Gasteiger partial charge is 0.495 e. The van der Waals surface area contributed by atoms with Crippen LogP contribution in [0.2, 0.25) is 0 Å². The first-order chi connectivity index (χ1) is 8.36. The lowest BCUT2D eigenvalue weighted by Gasteiger charge is -2.67. The summed E-state index contributed by atoms with van der Waals surface area (Å²) in [6.45, 7) is 12.3. The van der Waals surface area contributed by atoms with Crippen molar-refractivity contribution >= 4 is 0 Å². The summed E-state index contributed by atoms with van der Waals surface area (Å²) >= 11 is 0. The van der Waals surface area contributed by atoms with Crippen LogP contribution in [-0.2, 0) is 9.47 Å². The molecule has 0 radical (unpaired) electrons. The van der Waals surface area contributed by atoms with Crippen molar-refractivity contribution in [1.29, 1.82) is 0 Å². The molecule has 2 heteroatoms. The summed E-state index contributed by atoms with van der Waals surface area (Å²) in [6, 6.07) is 0. The summed E-state index contributed by atoms with van der Waals surface area (Å²) in [6.07, 6.45) is 10.1. The summed E-state index contributed by atoms with van der Waals surface area (Å²) < 4.78 is 12.0. The summed E-state index contributed by atoms with van der Waals surface area (Å²) in [4.78, 5) is 0. The van der Waals surface area contributed by atoms with Crippen LogP contribution >= 0.6 is 0 Å². The zero-order valence-electron chi connectivity index (χ0n) is 11.6. The Labute approximate surface area is 110 Å². The molecule has 0 aromatic heterocycles. The molecule has 0 amide bonds. The molecule has 4 aliphatic rings. The first-order valence-corrected chi connectivity index (χ1v) is 6.94. The molecule has 0 unspecified atom stereocenters. The van der Waals surface area contributed by atoms with Crippen molar-refractivity contribution in [2.24, 2.45) is 10.8 Å². The van der Waals surface area contributed by atoms with Crippen molar-refractivity contribution in [3.63, 3.8) is 0 Å². The van der Waals surface area contributed by atoms with Crippen molar-refractivity contribution in [3.8, 4) is 0 Å². The fraction of sp³-hybridized carbons (Fsp3) is 0.750. The van der Waals surface area contributed by atoms with Gasteiger partial charge in [0, 0.05) is 6.42 Å². The van der Waals surface area contributed by atoms with Crippen molar-refractivity contribution < 1.29 is 9.47 Å². The first-order valence-electron chi connectivity index (χ1n) is 6.94. The van der Waals surface area contributed by atoms with E-state index in [4.69, 9.17) is 9.47 Å². The standard InChI is InChI=1S/C16H24O2/c1-5-17-15-8-13(3)7-14(4,9-15)11-16(10-13,12-15)18-6-2/h5-6H,1-2,7-12H2,3-4H3. The Hall–Kier alpha value is -0.920. The van der Waals surface area contributed by atoms with Crippen LogP contribution in [0.1, 0.15) is 52.4 Å². The molecule has 0 saturated heterocycles. The average Bonchev–Trinajstić information content (AvgIpc) is 2.09. The predicted molar refractivity (Wildman–Crippen MR) is 71.9 cm³/mol. The SMILES string of the molecule is C=COC12CC3(C)CC(C)(C1)CC(OC=C)(C3)C2. The monoisotopic (exact) mass is 248 g/mol. The number of ether oxygens (including phenoxy) is 2. The van der Waals surface area contributed by atoms with E-state index in [1.54, 1.807) is 12.5 Å². The Kier molecular flexibility index (Phi) is 2.25. The smallest absolute Gasteiger partial charge is 0.113 e. The molecule has 0 aromatic rings. The highest BCUT2D eigenvalue weighted by Crippen LogP contribution is 2.69. The van der Waals surface area contributed by atoms with Crippen molar-refractivity contribution in [3.05, 3.63) is 25.7 Å². The van der Waals surface area contributed by atoms with E-state index in [1.807, 2.05) is 0 Å². The molecule has 4 aliphatic carbocycles. The summed E-state index contributed by atoms with van der Waals surface area (Å²) in [7, 11) is 0. The van der Waals surface area contributed by atoms with Crippen molar-refractivity contribution in [1.82, 2.24) is 0 Å². The van der Waals surface area contributed by atoms with Gasteiger partial charge in [0.05, 0.1) is 12.5 Å². The van der Waals surface area contributed by atoms with Gasteiger partial charge in [0.25, 0.3) is 0 Å². The molecular formula is C16H24O2. The molecule has 2 nitrogen and oxygen atoms in total. The van der Waals surface area contributed by atoms with Crippen LogP contribution in [0.5, 0.6) is 0 Å². The maximum Gasteiger partial charge on any atom is 0.113 e. The van der Waals surface area contributed by atoms with Gasteiger partial charge in [-0.05, 0) is 42.9 Å². The Morgan fingerprint density at radius 1 is 0.722 bits per heavy atom. The maximum atomic E-state index is 5.99. The molecule has 0 heterocycles. The normalized spacial score (nSPS) is 53.0. The van der Waals surface area contributed by atoms with Gasteiger partial charge in [0.15, 0.2) is 0 Å². The second kappa shape index (κ2) is 3.34. The second-order valence-electron chi connectivity index (χ2n) is 7.62. The fourth-order valence-corrected chi connectivity index (χ4v) is 6.08. The van der Waals surface area contributed by atoms with E-state index in [9.17, 15) is 0 Å². The molecule has 4 rings (SSSR count). The third-order valence-corrected chi connectivity index (χ3v) is 5.16. The van der Waals surface area contributed by atoms with Gasteiger partial charge in [-0.15, -0.1) is 0 Å². The van der Waals surface area contributed by atoms with Gasteiger partial charge >= 0.3 is 0 Å². The van der Waals surface area contributed by atoms with Crippen LogP contribution in [0.4, 0.5) is 0 Å². The van der Waals surface area contributed by atoms with Crippen molar-refractivity contribution in [2.75, 3.05) is 0 Å². The van der Waals surface area contributed by atoms with Gasteiger partial charge in [-0.3, -0.25) is 0 Å². The van der Waals surface area contributed by atoms with Gasteiger partial charge in [-0.25, -0.2) is 0 Å². The molecular weight excluding hydrogens is 224 g/mol. The van der Waals surface area contributed by atoms with Crippen LogP contribution in [0.25, 0.3) is 0 Å². The fourth-order valence-electron chi connectivity index (χ4n) is 6.08. The van der Waals surface area contributed by atoms with Gasteiger partial charge in [-0.2, -0.15) is 0 Å². The second-order valence-corrected chi connectivity index (χ2v) is 7.62. The molecule has 4 fully saturated rings. The van der Waals surface area contributed by atoms with Gasteiger partial charge in [-0.1, -0.05) is 27.0 Å². The topological polar surface area (TPSA) is 18.5 Å². The van der Waals surface area contributed by atoms with E-state index in [0.29, 0.717) is 10.8 Å². The highest BCUT2D eigenvalue weighted by Gasteiger charge is 2.67. The minimum absolute atomic E-state index is 0.0526. The quantitative estimate of drug-likeness (QED) is 0.695. The molecule has 0 N–H and O–H groups in total. The lowest BCUT2D eigenvalue weighted by molar-refractivity contribution is -0.254. The molecule has 0 atom stereocenters. The molecule has 18 heavy (non-hydrogen) atoms. The van der Waals surface area contributed by atoms with E-state index in [1.165, 1.54) is 6.42 Å². The Morgan fingerprint density at radius 3 is 1.44 bits per heavy atom. The Balaban J connectivity index is 2.02. The summed E-state index contributed by atoms with van der Waals surface area (Å²) in [5, 5.41) is 0. The van der Waals surface area contributed by atoms with Crippen LogP contribution in [0.3, 0.4) is 0 Å². The zero-order valence-corrected chi connectivity index (χ0v) is 11.6. The number of hydrogen-bond donors (Lipinski definition) is 0. The maximum absolute atomic E-state index is 5.99. The van der Waals surface area contributed by atoms with E-state index >= 15 is 0 Å². The predicted octanol–water partition coefficient (Wildman–Crippen LogP) is 4.18. The van der Waals surface area contributed by atoms with Gasteiger partial charge in [0.2, 0.25) is 0 Å². The Bertz CT molecular complexity index is 348. The van der Waals surface area contributed by atoms with E-state index in [-0.39, 0.29) is 11.2 Å². The van der Waals surface area contributed by atoms with E-state index in [2.05, 4.69) is 27.0 Å². The molecule has 0 aromatic carbocycles. The van der Waals surface area contributed by atoms with Crippen LogP contribution in [-0.4, -0.2) is 11.2 Å². The lowest BCUT2D eigenvalue weighted by atomic mass is 9.42. The van der Waals surface area contributed by atoms with Crippen LogP contribution in [0, 0.1) is 10.8 Å². The molecule has 0 spiro atoms. The van der Waals surface area contributed by atoms with Gasteiger partial charge in [0.1, 0.15) is 11.2 Å². The number of rotatable bonds is 4. The molecule has 4 bridgehead atoms. The molecule has 0 aliphatic heterocycles. The Morgan fingerprint density at radius 2 is 1.11 bits per heavy atom. The zero-order chi connectivity index (χ0) is 13.1. The third-order valence-electron chi connectivity index (χ3n) is 5.16. The molecule has 4 saturated carbocycles. The lowest BCUT2D eigenvalue weighted by Crippen LogP contribution is -2.66. The highest BCUT2D eigenvalue weighted by molar-refractivity contribution is 5.18. The van der Waals surface area contributed by atoms with Gasteiger partial charge < -0.3 is 9.47 Å². The van der Waals surface area contributed by atoms with E-state index < -0.39 is 0 Å².